The van der Waals surface area contributed by atoms with E-state index in [2.05, 4.69) is 41.5 Å². The average molecular weight is 195 g/mol. The second-order valence-corrected chi connectivity index (χ2v) is 6.01. The molecule has 0 aromatic heterocycles. The van der Waals surface area contributed by atoms with Crippen molar-refractivity contribution in [2.45, 2.75) is 47.1 Å². The molecule has 0 saturated carbocycles. The van der Waals surface area contributed by atoms with E-state index in [-0.39, 0.29) is 16.9 Å². The molecule has 1 heterocycles. The Morgan fingerprint density at radius 3 is 1.86 bits per heavy atom. The van der Waals surface area contributed by atoms with E-state index in [1.54, 1.807) is 6.08 Å². The van der Waals surface area contributed by atoms with Crippen LogP contribution in [0.4, 0.5) is 0 Å². The maximum Gasteiger partial charge on any atom is 0.247 e. The maximum absolute atomic E-state index is 11.7. The number of hydrogen-bond donors (Lipinski definition) is 0. The second-order valence-electron chi connectivity index (χ2n) is 6.01. The molecule has 1 aliphatic heterocycles. The molecule has 0 saturated heterocycles. The van der Waals surface area contributed by atoms with Crippen molar-refractivity contribution in [3.05, 3.63) is 11.6 Å². The van der Waals surface area contributed by atoms with E-state index in [4.69, 9.17) is 0 Å². The first-order valence-electron chi connectivity index (χ1n) is 5.15. The Morgan fingerprint density at radius 1 is 1.14 bits per heavy atom. The monoisotopic (exact) mass is 195 g/mol. The van der Waals surface area contributed by atoms with Gasteiger partial charge in [0.05, 0.1) is 0 Å². The molecule has 1 amide bonds. The Kier molecular flexibility index (Phi) is 2.51. The molecule has 0 N–H and O–H groups in total. The van der Waals surface area contributed by atoms with Crippen molar-refractivity contribution in [1.82, 2.24) is 4.90 Å². The van der Waals surface area contributed by atoms with Crippen LogP contribution in [0.5, 0.6) is 0 Å². The SMILES string of the molecule is CC(C)(C)C1=CC(=O)N(C(C)(C)C)C1. The molecule has 0 aliphatic carbocycles. The first-order valence-corrected chi connectivity index (χ1v) is 5.15. The fourth-order valence-corrected chi connectivity index (χ4v) is 1.54. The number of nitrogens with zero attached hydrogens (tertiary/aromatic N) is 1. The number of carbonyl (C=O) groups excluding carboxylic acids is 1. The van der Waals surface area contributed by atoms with Crippen LogP contribution in [0.15, 0.2) is 11.6 Å². The minimum absolute atomic E-state index is 0.0689. The average Bonchev–Trinajstić information content (AvgIpc) is 2.27. The largest absolute Gasteiger partial charge is 0.330 e. The Balaban J connectivity index is 2.85. The van der Waals surface area contributed by atoms with Gasteiger partial charge in [0.2, 0.25) is 5.91 Å². The first kappa shape index (κ1) is 11.3. The molecule has 2 nitrogen and oxygen atoms in total. The molecule has 0 fully saturated rings. The van der Waals surface area contributed by atoms with Gasteiger partial charge in [0, 0.05) is 18.2 Å². The maximum atomic E-state index is 11.7. The summed E-state index contributed by atoms with van der Waals surface area (Å²) in [7, 11) is 0. The number of hydrogen-bond acceptors (Lipinski definition) is 1. The lowest BCUT2D eigenvalue weighted by atomic mass is 9.87. The molecule has 0 radical (unpaired) electrons. The summed E-state index contributed by atoms with van der Waals surface area (Å²) in [4.78, 5) is 13.7. The zero-order chi connectivity index (χ0) is 11.1. The van der Waals surface area contributed by atoms with E-state index in [1.165, 1.54) is 5.57 Å². The highest BCUT2D eigenvalue weighted by molar-refractivity contribution is 5.92. The van der Waals surface area contributed by atoms with Gasteiger partial charge in [-0.1, -0.05) is 20.8 Å². The summed E-state index contributed by atoms with van der Waals surface area (Å²) in [6, 6.07) is 0. The van der Waals surface area contributed by atoms with Crippen molar-refractivity contribution < 1.29 is 4.79 Å². The van der Waals surface area contributed by atoms with E-state index in [1.807, 2.05) is 4.90 Å². The van der Waals surface area contributed by atoms with Crippen LogP contribution in [-0.2, 0) is 4.79 Å². The molecule has 0 aromatic rings. The standard InChI is InChI=1S/C12H21NO/c1-11(2,3)9-7-10(14)13(8-9)12(4,5)6/h7H,8H2,1-6H3. The van der Waals surface area contributed by atoms with Gasteiger partial charge in [-0.2, -0.15) is 0 Å². The van der Waals surface area contributed by atoms with Gasteiger partial charge in [-0.15, -0.1) is 0 Å². The Bertz CT molecular complexity index is 276. The van der Waals surface area contributed by atoms with Crippen molar-refractivity contribution >= 4 is 5.91 Å². The molecule has 0 bridgehead atoms. The fraction of sp³-hybridized carbons (Fsp3) is 0.750. The highest BCUT2D eigenvalue weighted by Gasteiger charge is 2.34. The summed E-state index contributed by atoms with van der Waals surface area (Å²) < 4.78 is 0. The van der Waals surface area contributed by atoms with E-state index < -0.39 is 0 Å². The normalized spacial score (nSPS) is 18.9. The molecule has 2 heteroatoms. The summed E-state index contributed by atoms with van der Waals surface area (Å²) in [6.07, 6.45) is 1.80. The summed E-state index contributed by atoms with van der Waals surface area (Å²) in [5, 5.41) is 0. The van der Waals surface area contributed by atoms with Crippen LogP contribution >= 0.6 is 0 Å². The zero-order valence-corrected chi connectivity index (χ0v) is 10.1. The van der Waals surface area contributed by atoms with Gasteiger partial charge < -0.3 is 4.90 Å². The predicted octanol–water partition coefficient (Wildman–Crippen LogP) is 2.60. The molecule has 0 atom stereocenters. The van der Waals surface area contributed by atoms with Crippen molar-refractivity contribution in [2.24, 2.45) is 5.41 Å². The van der Waals surface area contributed by atoms with Gasteiger partial charge in [-0.3, -0.25) is 4.79 Å². The highest BCUT2D eigenvalue weighted by Crippen LogP contribution is 2.32. The van der Waals surface area contributed by atoms with Gasteiger partial charge in [0.1, 0.15) is 0 Å². The quantitative estimate of drug-likeness (QED) is 0.582. The molecule has 0 spiro atoms. The lowest BCUT2D eigenvalue weighted by Crippen LogP contribution is -2.43. The third-order valence-corrected chi connectivity index (χ3v) is 2.67. The van der Waals surface area contributed by atoms with Crippen LogP contribution in [0.1, 0.15) is 41.5 Å². The lowest BCUT2D eigenvalue weighted by Gasteiger charge is -2.33. The molecule has 14 heavy (non-hydrogen) atoms. The minimum atomic E-state index is -0.0689. The molecule has 0 unspecified atom stereocenters. The first-order chi connectivity index (χ1) is 6.12. The summed E-state index contributed by atoms with van der Waals surface area (Å²) in [5.41, 5.74) is 1.27. The van der Waals surface area contributed by atoms with Gasteiger partial charge in [0.25, 0.3) is 0 Å². The Hall–Kier alpha value is -0.790. The molecule has 80 valence electrons. The molecule has 1 aliphatic rings. The summed E-state index contributed by atoms with van der Waals surface area (Å²) in [5.74, 6) is 0.155. The van der Waals surface area contributed by atoms with Gasteiger partial charge in [-0.25, -0.2) is 0 Å². The van der Waals surface area contributed by atoms with E-state index >= 15 is 0 Å². The molecule has 0 aromatic carbocycles. The van der Waals surface area contributed by atoms with Gasteiger partial charge in [0.15, 0.2) is 0 Å². The zero-order valence-electron chi connectivity index (χ0n) is 10.1. The van der Waals surface area contributed by atoms with E-state index in [9.17, 15) is 4.79 Å². The molecule has 1 rings (SSSR count). The number of rotatable bonds is 0. The van der Waals surface area contributed by atoms with Gasteiger partial charge in [-0.05, 0) is 31.8 Å². The van der Waals surface area contributed by atoms with Crippen LogP contribution in [0.3, 0.4) is 0 Å². The van der Waals surface area contributed by atoms with Crippen LogP contribution in [0.25, 0.3) is 0 Å². The topological polar surface area (TPSA) is 20.3 Å². The van der Waals surface area contributed by atoms with E-state index in [0.717, 1.165) is 6.54 Å². The smallest absolute Gasteiger partial charge is 0.247 e. The van der Waals surface area contributed by atoms with Crippen molar-refractivity contribution in [2.75, 3.05) is 6.54 Å². The van der Waals surface area contributed by atoms with Crippen LogP contribution in [0.2, 0.25) is 0 Å². The van der Waals surface area contributed by atoms with Crippen molar-refractivity contribution in [3.63, 3.8) is 0 Å². The number of amides is 1. The van der Waals surface area contributed by atoms with Crippen LogP contribution in [-0.4, -0.2) is 22.9 Å². The van der Waals surface area contributed by atoms with Crippen molar-refractivity contribution in [1.29, 1.82) is 0 Å². The highest BCUT2D eigenvalue weighted by atomic mass is 16.2. The fourth-order valence-electron chi connectivity index (χ4n) is 1.54. The third-order valence-electron chi connectivity index (χ3n) is 2.67. The van der Waals surface area contributed by atoms with Crippen LogP contribution in [0, 0.1) is 5.41 Å². The third kappa shape index (κ3) is 2.17. The molecular weight excluding hydrogens is 174 g/mol. The molecular formula is C12H21NO. The number of carbonyl (C=O) groups is 1. The predicted molar refractivity (Wildman–Crippen MR) is 59.0 cm³/mol. The summed E-state index contributed by atoms with van der Waals surface area (Å²) in [6.45, 7) is 13.5. The summed E-state index contributed by atoms with van der Waals surface area (Å²) >= 11 is 0. The Labute approximate surface area is 87.0 Å². The van der Waals surface area contributed by atoms with E-state index in [0.29, 0.717) is 0 Å². The van der Waals surface area contributed by atoms with Crippen LogP contribution < -0.4 is 0 Å². The van der Waals surface area contributed by atoms with Crippen molar-refractivity contribution in [3.8, 4) is 0 Å². The lowest BCUT2D eigenvalue weighted by molar-refractivity contribution is -0.128. The second kappa shape index (κ2) is 3.11. The Morgan fingerprint density at radius 2 is 1.64 bits per heavy atom. The van der Waals surface area contributed by atoms with Gasteiger partial charge >= 0.3 is 0 Å². The minimum Gasteiger partial charge on any atom is -0.330 e.